The highest BCUT2D eigenvalue weighted by atomic mass is 32.2. The van der Waals surface area contributed by atoms with Crippen molar-refractivity contribution in [3.05, 3.63) is 41.7 Å². The number of aryl methyl sites for hydroxylation is 1. The van der Waals surface area contributed by atoms with Crippen LogP contribution in [-0.4, -0.2) is 58.3 Å². The topological polar surface area (TPSA) is 87.4 Å². The zero-order valence-electron chi connectivity index (χ0n) is 18.8. The second kappa shape index (κ2) is 12.7. The largest absolute Gasteiger partial charge is 0.396 e. The van der Waals surface area contributed by atoms with E-state index >= 15 is 0 Å². The van der Waals surface area contributed by atoms with Gasteiger partial charge in [-0.05, 0) is 38.0 Å². The molecule has 0 radical (unpaired) electrons. The third kappa shape index (κ3) is 6.71. The molecule has 8 heteroatoms. The summed E-state index contributed by atoms with van der Waals surface area (Å²) in [6.45, 7) is 4.30. The van der Waals surface area contributed by atoms with Crippen LogP contribution in [0.1, 0.15) is 62.4 Å². The minimum atomic E-state index is 0.00610. The standard InChI is InChI=1S/C23H36N6OS/c1-3-24-22(26-16-19(17-30)18-10-5-4-6-11-18)25-15-9-14-21-27-28-23(31-2)29(21)20-12-7-8-13-20/h4-6,10-11,19-20,30H,3,7-9,12-17H2,1-2H3,(H2,24,25,26). The highest BCUT2D eigenvalue weighted by Gasteiger charge is 2.23. The number of guanidine groups is 1. The second-order valence-corrected chi connectivity index (χ2v) is 8.72. The Kier molecular flexibility index (Phi) is 9.68. The van der Waals surface area contributed by atoms with Crippen LogP contribution in [-0.2, 0) is 6.42 Å². The second-order valence-electron chi connectivity index (χ2n) is 7.95. The predicted molar refractivity (Wildman–Crippen MR) is 128 cm³/mol. The summed E-state index contributed by atoms with van der Waals surface area (Å²) < 4.78 is 2.38. The number of aliphatic hydroxyl groups excluding tert-OH is 1. The average Bonchev–Trinajstić information content (AvgIpc) is 3.47. The number of nitrogens with zero attached hydrogens (tertiary/aromatic N) is 4. The average molecular weight is 445 g/mol. The minimum absolute atomic E-state index is 0.00610. The van der Waals surface area contributed by atoms with Crippen LogP contribution in [0.4, 0.5) is 0 Å². The Morgan fingerprint density at radius 1 is 1.23 bits per heavy atom. The minimum Gasteiger partial charge on any atom is -0.396 e. The Hall–Kier alpha value is -2.06. The Morgan fingerprint density at radius 2 is 2.00 bits per heavy atom. The van der Waals surface area contributed by atoms with Gasteiger partial charge in [-0.25, -0.2) is 0 Å². The lowest BCUT2D eigenvalue weighted by Gasteiger charge is -2.17. The van der Waals surface area contributed by atoms with E-state index in [9.17, 15) is 5.11 Å². The first-order chi connectivity index (χ1) is 15.3. The van der Waals surface area contributed by atoms with Gasteiger partial charge in [0.25, 0.3) is 0 Å². The summed E-state index contributed by atoms with van der Waals surface area (Å²) in [4.78, 5) is 4.70. The summed E-state index contributed by atoms with van der Waals surface area (Å²) in [6.07, 6.45) is 9.03. The number of rotatable bonds is 11. The molecule has 1 atom stereocenters. The molecule has 0 amide bonds. The smallest absolute Gasteiger partial charge is 0.191 e. The van der Waals surface area contributed by atoms with Crippen LogP contribution in [0.5, 0.6) is 0 Å². The van der Waals surface area contributed by atoms with E-state index in [1.54, 1.807) is 11.8 Å². The van der Waals surface area contributed by atoms with Crippen LogP contribution in [0.25, 0.3) is 0 Å². The van der Waals surface area contributed by atoms with Crippen molar-refractivity contribution < 1.29 is 5.11 Å². The lowest BCUT2D eigenvalue weighted by molar-refractivity contribution is 0.268. The molecule has 1 unspecified atom stereocenters. The van der Waals surface area contributed by atoms with Gasteiger partial charge in [0.15, 0.2) is 11.1 Å². The van der Waals surface area contributed by atoms with Crippen molar-refractivity contribution in [3.63, 3.8) is 0 Å². The van der Waals surface area contributed by atoms with E-state index in [1.807, 2.05) is 30.3 Å². The number of aromatic nitrogens is 3. The van der Waals surface area contributed by atoms with E-state index in [0.29, 0.717) is 12.6 Å². The normalized spacial score (nSPS) is 15.9. The zero-order chi connectivity index (χ0) is 21.9. The molecule has 1 saturated carbocycles. The Labute approximate surface area is 190 Å². The number of nitrogens with one attached hydrogen (secondary N) is 2. The van der Waals surface area contributed by atoms with Gasteiger partial charge in [0, 0.05) is 31.5 Å². The molecule has 1 fully saturated rings. The number of benzene rings is 1. The monoisotopic (exact) mass is 444 g/mol. The molecule has 0 saturated heterocycles. The first-order valence-electron chi connectivity index (χ1n) is 11.4. The number of thioether (sulfide) groups is 1. The molecule has 0 bridgehead atoms. The molecule has 170 valence electrons. The molecule has 1 aliphatic carbocycles. The summed E-state index contributed by atoms with van der Waals surface area (Å²) >= 11 is 1.69. The molecule has 1 heterocycles. The molecule has 1 aromatic heterocycles. The number of hydrogen-bond acceptors (Lipinski definition) is 5. The SMILES string of the molecule is CCNC(=NCC(CO)c1ccccc1)NCCCc1nnc(SC)n1C1CCCC1. The van der Waals surface area contributed by atoms with Crippen LogP contribution < -0.4 is 10.6 Å². The molecular weight excluding hydrogens is 408 g/mol. The quantitative estimate of drug-likeness (QED) is 0.213. The zero-order valence-corrected chi connectivity index (χ0v) is 19.6. The van der Waals surface area contributed by atoms with Crippen LogP contribution >= 0.6 is 11.8 Å². The van der Waals surface area contributed by atoms with Gasteiger partial charge < -0.3 is 20.3 Å². The van der Waals surface area contributed by atoms with Gasteiger partial charge in [-0.1, -0.05) is 54.9 Å². The summed E-state index contributed by atoms with van der Waals surface area (Å²) in [6, 6.07) is 10.6. The summed E-state index contributed by atoms with van der Waals surface area (Å²) in [5.41, 5.74) is 1.11. The molecule has 31 heavy (non-hydrogen) atoms. The Morgan fingerprint density at radius 3 is 2.68 bits per heavy atom. The fraction of sp³-hybridized carbons (Fsp3) is 0.609. The number of aliphatic imine (C=N–C) groups is 1. The molecule has 2 aromatic rings. The summed E-state index contributed by atoms with van der Waals surface area (Å²) in [5.74, 6) is 1.90. The van der Waals surface area contributed by atoms with Crippen molar-refractivity contribution in [3.8, 4) is 0 Å². The third-order valence-electron chi connectivity index (χ3n) is 5.78. The van der Waals surface area contributed by atoms with Crippen molar-refractivity contribution in [2.24, 2.45) is 4.99 Å². The Bertz CT molecular complexity index is 804. The van der Waals surface area contributed by atoms with Gasteiger partial charge in [0.05, 0.1) is 13.2 Å². The number of hydrogen-bond donors (Lipinski definition) is 3. The molecule has 3 rings (SSSR count). The van der Waals surface area contributed by atoms with E-state index < -0.39 is 0 Å². The van der Waals surface area contributed by atoms with E-state index in [0.717, 1.165) is 48.4 Å². The number of aliphatic hydroxyl groups is 1. The molecular formula is C23H36N6OS. The highest BCUT2D eigenvalue weighted by molar-refractivity contribution is 7.98. The summed E-state index contributed by atoms with van der Waals surface area (Å²) in [5, 5.41) is 26.4. The molecule has 1 aliphatic rings. The maximum atomic E-state index is 9.77. The first-order valence-corrected chi connectivity index (χ1v) is 12.6. The van der Waals surface area contributed by atoms with Gasteiger partial charge in [-0.2, -0.15) is 0 Å². The molecule has 1 aromatic carbocycles. The van der Waals surface area contributed by atoms with E-state index in [-0.39, 0.29) is 12.5 Å². The predicted octanol–water partition coefficient (Wildman–Crippen LogP) is 3.38. The molecule has 0 aliphatic heterocycles. The first kappa shape index (κ1) is 23.6. The van der Waals surface area contributed by atoms with Crippen LogP contribution in [0.15, 0.2) is 40.5 Å². The van der Waals surface area contributed by atoms with E-state index in [1.165, 1.54) is 25.7 Å². The van der Waals surface area contributed by atoms with Crippen LogP contribution in [0.3, 0.4) is 0 Å². The van der Waals surface area contributed by atoms with Crippen molar-refractivity contribution in [1.29, 1.82) is 0 Å². The van der Waals surface area contributed by atoms with Crippen molar-refractivity contribution in [1.82, 2.24) is 25.4 Å². The maximum absolute atomic E-state index is 9.77. The van der Waals surface area contributed by atoms with E-state index in [4.69, 9.17) is 4.99 Å². The molecule has 3 N–H and O–H groups in total. The summed E-state index contributed by atoms with van der Waals surface area (Å²) in [7, 11) is 0. The van der Waals surface area contributed by atoms with Crippen molar-refractivity contribution in [2.45, 2.75) is 62.6 Å². The van der Waals surface area contributed by atoms with Crippen LogP contribution in [0, 0.1) is 0 Å². The van der Waals surface area contributed by atoms with Gasteiger partial charge in [0.1, 0.15) is 5.82 Å². The van der Waals surface area contributed by atoms with Crippen molar-refractivity contribution in [2.75, 3.05) is 32.5 Å². The fourth-order valence-corrected chi connectivity index (χ4v) is 4.71. The van der Waals surface area contributed by atoms with Gasteiger partial charge in [-0.15, -0.1) is 10.2 Å². The lowest BCUT2D eigenvalue weighted by Crippen LogP contribution is -2.38. The third-order valence-corrected chi connectivity index (χ3v) is 6.43. The van der Waals surface area contributed by atoms with Gasteiger partial charge in [0.2, 0.25) is 0 Å². The van der Waals surface area contributed by atoms with Gasteiger partial charge in [-0.3, -0.25) is 4.99 Å². The molecule has 7 nitrogen and oxygen atoms in total. The van der Waals surface area contributed by atoms with E-state index in [2.05, 4.69) is 38.6 Å². The Balaban J connectivity index is 1.53. The maximum Gasteiger partial charge on any atom is 0.191 e. The van der Waals surface area contributed by atoms with Crippen molar-refractivity contribution >= 4 is 17.7 Å². The fourth-order valence-electron chi connectivity index (χ4n) is 4.14. The lowest BCUT2D eigenvalue weighted by atomic mass is 10.0. The van der Waals surface area contributed by atoms with Gasteiger partial charge >= 0.3 is 0 Å². The van der Waals surface area contributed by atoms with Crippen LogP contribution in [0.2, 0.25) is 0 Å². The molecule has 0 spiro atoms. The highest BCUT2D eigenvalue weighted by Crippen LogP contribution is 2.33.